The third-order valence-electron chi connectivity index (χ3n) is 3.26. The van der Waals surface area contributed by atoms with Gasteiger partial charge in [-0.15, -0.1) is 0 Å². The number of nitrogens with zero attached hydrogens (tertiary/aromatic N) is 1. The first-order chi connectivity index (χ1) is 11.9. The van der Waals surface area contributed by atoms with Gasteiger partial charge in [0.15, 0.2) is 0 Å². The summed E-state index contributed by atoms with van der Waals surface area (Å²) in [5, 5.41) is 8.36. The first-order valence-corrected chi connectivity index (χ1v) is 8.65. The molecule has 2 aromatic carbocycles. The van der Waals surface area contributed by atoms with Crippen molar-refractivity contribution < 1.29 is 18.4 Å². The molecule has 0 heterocycles. The Labute approximate surface area is 146 Å². The predicted octanol–water partition coefficient (Wildman–Crippen LogP) is 1.92. The van der Waals surface area contributed by atoms with Crippen LogP contribution in [-0.4, -0.2) is 26.6 Å². The van der Waals surface area contributed by atoms with Crippen molar-refractivity contribution >= 4 is 21.6 Å². The van der Waals surface area contributed by atoms with E-state index in [2.05, 4.69) is 11.8 Å². The van der Waals surface area contributed by atoms with Crippen LogP contribution >= 0.6 is 0 Å². The van der Waals surface area contributed by atoms with Gasteiger partial charge in [0.25, 0.3) is 15.9 Å². The largest absolute Gasteiger partial charge is 0.288 e. The summed E-state index contributed by atoms with van der Waals surface area (Å²) in [4.78, 5) is 11.0. The van der Waals surface area contributed by atoms with E-state index in [0.717, 1.165) is 6.08 Å². The molecule has 0 spiro atoms. The van der Waals surface area contributed by atoms with Crippen molar-refractivity contribution in [1.29, 1.82) is 0 Å². The summed E-state index contributed by atoms with van der Waals surface area (Å²) in [5.41, 5.74) is 2.50. The van der Waals surface area contributed by atoms with E-state index in [9.17, 15) is 13.2 Å². The molecule has 7 heteroatoms. The maximum absolute atomic E-state index is 12.6. The van der Waals surface area contributed by atoms with Crippen LogP contribution in [0.4, 0.5) is 5.69 Å². The minimum absolute atomic E-state index is 0.201. The molecule has 2 N–H and O–H groups in total. The summed E-state index contributed by atoms with van der Waals surface area (Å²) in [7, 11) is -2.19. The van der Waals surface area contributed by atoms with Crippen LogP contribution in [0, 0.1) is 11.8 Å². The number of carbonyl (C=O) groups is 1. The topological polar surface area (TPSA) is 86.7 Å². The van der Waals surface area contributed by atoms with Crippen molar-refractivity contribution in [1.82, 2.24) is 5.48 Å². The fourth-order valence-electron chi connectivity index (χ4n) is 1.95. The van der Waals surface area contributed by atoms with Gasteiger partial charge < -0.3 is 0 Å². The zero-order valence-electron chi connectivity index (χ0n) is 13.4. The number of carbonyl (C=O) groups excluding carboxylic acids is 1. The van der Waals surface area contributed by atoms with Gasteiger partial charge in [0.1, 0.15) is 0 Å². The van der Waals surface area contributed by atoms with Crippen molar-refractivity contribution in [3.8, 4) is 11.8 Å². The number of anilines is 1. The number of hydrogen-bond acceptors (Lipinski definition) is 4. The second kappa shape index (κ2) is 8.15. The van der Waals surface area contributed by atoms with Crippen LogP contribution in [0.25, 0.3) is 0 Å². The molecule has 1 amide bonds. The van der Waals surface area contributed by atoms with E-state index in [1.165, 1.54) is 35.0 Å². The first kappa shape index (κ1) is 18.3. The lowest BCUT2D eigenvalue weighted by molar-refractivity contribution is -0.124. The summed E-state index contributed by atoms with van der Waals surface area (Å²) in [5.74, 6) is 4.74. The van der Waals surface area contributed by atoms with Gasteiger partial charge in [0.2, 0.25) is 0 Å². The smallest absolute Gasteiger partial charge is 0.267 e. The molecule has 0 aromatic heterocycles. The van der Waals surface area contributed by atoms with Gasteiger partial charge in [-0.2, -0.15) is 0 Å². The summed E-state index contributed by atoms with van der Waals surface area (Å²) >= 11 is 0. The summed E-state index contributed by atoms with van der Waals surface area (Å²) in [6.45, 7) is 0. The molecule has 0 bridgehead atoms. The van der Waals surface area contributed by atoms with Crippen LogP contribution in [0.15, 0.2) is 71.6 Å². The molecule has 2 aromatic rings. The monoisotopic (exact) mass is 356 g/mol. The highest BCUT2D eigenvalue weighted by atomic mass is 32.2. The number of sulfonamides is 1. The number of hydrogen-bond donors (Lipinski definition) is 2. The molecule has 0 atom stereocenters. The predicted molar refractivity (Wildman–Crippen MR) is 94.4 cm³/mol. The molecule has 0 aliphatic carbocycles. The Kier molecular flexibility index (Phi) is 5.95. The molecule has 0 radical (unpaired) electrons. The van der Waals surface area contributed by atoms with E-state index in [1.54, 1.807) is 42.5 Å². The van der Waals surface area contributed by atoms with Gasteiger partial charge in [-0.25, -0.2) is 13.9 Å². The van der Waals surface area contributed by atoms with E-state index >= 15 is 0 Å². The zero-order valence-corrected chi connectivity index (χ0v) is 14.2. The Balaban J connectivity index is 2.25. The average Bonchev–Trinajstić information content (AvgIpc) is 2.65. The fourth-order valence-corrected chi connectivity index (χ4v) is 3.16. The van der Waals surface area contributed by atoms with Crippen molar-refractivity contribution in [2.24, 2.45) is 0 Å². The number of allylic oxidation sites excluding steroid dienone is 1. The number of amides is 1. The quantitative estimate of drug-likeness (QED) is 0.379. The van der Waals surface area contributed by atoms with E-state index in [4.69, 9.17) is 5.21 Å². The van der Waals surface area contributed by atoms with Crippen LogP contribution in [0.1, 0.15) is 5.56 Å². The van der Waals surface area contributed by atoms with Gasteiger partial charge in [-0.05, 0) is 36.4 Å². The molecule has 0 aliphatic heterocycles. The second-order valence-electron chi connectivity index (χ2n) is 4.91. The van der Waals surface area contributed by atoms with Gasteiger partial charge in [-0.3, -0.25) is 14.3 Å². The molecule has 0 saturated carbocycles. The number of rotatable bonds is 4. The molecule has 2 rings (SSSR count). The van der Waals surface area contributed by atoms with Crippen LogP contribution in [0.5, 0.6) is 0 Å². The number of hydroxylamine groups is 1. The van der Waals surface area contributed by atoms with E-state index in [-0.39, 0.29) is 4.90 Å². The van der Waals surface area contributed by atoms with Gasteiger partial charge in [0.05, 0.1) is 10.6 Å². The van der Waals surface area contributed by atoms with Crippen molar-refractivity contribution in [3.63, 3.8) is 0 Å². The normalized spacial score (nSPS) is 10.8. The molecule has 0 fully saturated rings. The Hall–Kier alpha value is -3.08. The number of nitrogens with one attached hydrogen (secondary N) is 1. The van der Waals surface area contributed by atoms with Crippen LogP contribution < -0.4 is 9.79 Å². The van der Waals surface area contributed by atoms with Crippen molar-refractivity contribution in [3.05, 3.63) is 72.3 Å². The molecular weight excluding hydrogens is 340 g/mol. The molecule has 6 nitrogen and oxygen atoms in total. The van der Waals surface area contributed by atoms with E-state index in [1.807, 2.05) is 0 Å². The summed E-state index contributed by atoms with van der Waals surface area (Å²) in [6.07, 6.45) is 2.35. The minimum Gasteiger partial charge on any atom is -0.288 e. The molecule has 0 aliphatic rings. The Morgan fingerprint density at radius 1 is 1.16 bits per heavy atom. The van der Waals surface area contributed by atoms with Gasteiger partial charge in [0, 0.05) is 18.7 Å². The third kappa shape index (κ3) is 4.70. The number of benzene rings is 2. The van der Waals surface area contributed by atoms with E-state index in [0.29, 0.717) is 11.3 Å². The third-order valence-corrected chi connectivity index (χ3v) is 5.06. The zero-order chi connectivity index (χ0) is 18.3. The maximum atomic E-state index is 12.6. The molecule has 0 saturated heterocycles. The van der Waals surface area contributed by atoms with Crippen LogP contribution in [-0.2, 0) is 14.8 Å². The molecule has 0 unspecified atom stereocenters. The first-order valence-electron chi connectivity index (χ1n) is 7.21. The molecule has 128 valence electrons. The van der Waals surface area contributed by atoms with Crippen molar-refractivity contribution in [2.75, 3.05) is 11.4 Å². The highest BCUT2D eigenvalue weighted by Crippen LogP contribution is 2.22. The summed E-state index contributed by atoms with van der Waals surface area (Å²) < 4.78 is 26.4. The highest BCUT2D eigenvalue weighted by Gasteiger charge is 2.20. The maximum Gasteiger partial charge on any atom is 0.267 e. The minimum atomic E-state index is -3.66. The lowest BCUT2D eigenvalue weighted by atomic mass is 10.2. The van der Waals surface area contributed by atoms with Gasteiger partial charge >= 0.3 is 0 Å². The highest BCUT2D eigenvalue weighted by molar-refractivity contribution is 7.92. The van der Waals surface area contributed by atoms with Crippen LogP contribution in [0.3, 0.4) is 0 Å². The SMILES string of the molecule is CN(c1cccc(C#C/C=C/C(=O)NO)c1)S(=O)(=O)c1ccccc1. The second-order valence-corrected chi connectivity index (χ2v) is 6.88. The lowest BCUT2D eigenvalue weighted by Crippen LogP contribution is -2.26. The fraction of sp³-hybridized carbons (Fsp3) is 0.0556. The molecular formula is C18H16N2O4S. The summed E-state index contributed by atoms with van der Waals surface area (Å²) in [6, 6.07) is 14.9. The Bertz CT molecular complexity index is 942. The van der Waals surface area contributed by atoms with Crippen LogP contribution in [0.2, 0.25) is 0 Å². The lowest BCUT2D eigenvalue weighted by Gasteiger charge is -2.19. The van der Waals surface area contributed by atoms with Gasteiger partial charge in [-0.1, -0.05) is 36.1 Å². The van der Waals surface area contributed by atoms with E-state index < -0.39 is 15.9 Å². The van der Waals surface area contributed by atoms with Crippen molar-refractivity contribution in [2.45, 2.75) is 4.90 Å². The standard InChI is InChI=1S/C18H16N2O4S/c1-20(25(23,24)17-11-3-2-4-12-17)16-10-7-9-15(14-16)8-5-6-13-18(21)19-22/h2-4,6-7,9-14,22H,1H3,(H,19,21)/b13-6+. The molecule has 25 heavy (non-hydrogen) atoms. The average molecular weight is 356 g/mol. The Morgan fingerprint density at radius 2 is 1.88 bits per heavy atom. The Morgan fingerprint density at radius 3 is 2.56 bits per heavy atom.